The molecule has 0 bridgehead atoms. The van der Waals surface area contributed by atoms with Crippen LogP contribution in [0.15, 0.2) is 23.6 Å². The smallest absolute Gasteiger partial charge is 0.257 e. The molecule has 2 aliphatic rings. The summed E-state index contributed by atoms with van der Waals surface area (Å²) in [5.41, 5.74) is 2.74. The zero-order valence-corrected chi connectivity index (χ0v) is 17.1. The molecule has 1 amide bonds. The molecule has 1 saturated carbocycles. The Morgan fingerprint density at radius 3 is 2.81 bits per heavy atom. The molecule has 27 heavy (non-hydrogen) atoms. The van der Waals surface area contributed by atoms with Gasteiger partial charge in [0, 0.05) is 41.1 Å². The van der Waals surface area contributed by atoms with Gasteiger partial charge in [0.05, 0.1) is 5.69 Å². The lowest BCUT2D eigenvalue weighted by Gasteiger charge is -2.36. The summed E-state index contributed by atoms with van der Waals surface area (Å²) in [6.45, 7) is 8.88. The number of benzene rings is 1. The maximum atomic E-state index is 12.7. The molecule has 6 heteroatoms. The fourth-order valence-corrected chi connectivity index (χ4v) is 4.37. The quantitative estimate of drug-likeness (QED) is 0.849. The van der Waals surface area contributed by atoms with Crippen LogP contribution in [0.25, 0.3) is 0 Å². The normalized spacial score (nSPS) is 18.2. The Hall–Kier alpha value is -1.92. The van der Waals surface area contributed by atoms with E-state index in [1.54, 1.807) is 0 Å². The van der Waals surface area contributed by atoms with Gasteiger partial charge in [-0.25, -0.2) is 4.98 Å². The maximum absolute atomic E-state index is 12.7. The average Bonchev–Trinajstić information content (AvgIpc) is 2.93. The number of ether oxygens (including phenoxy) is 1. The Bertz CT molecular complexity index is 836. The van der Waals surface area contributed by atoms with E-state index in [-0.39, 0.29) is 11.3 Å². The number of nitrogens with one attached hydrogen (secondary N) is 1. The summed E-state index contributed by atoms with van der Waals surface area (Å²) >= 11 is 1.46. The highest BCUT2D eigenvalue weighted by molar-refractivity contribution is 7.14. The Balaban J connectivity index is 1.47. The summed E-state index contributed by atoms with van der Waals surface area (Å²) in [6, 6.07) is 6.49. The molecule has 144 valence electrons. The van der Waals surface area contributed by atoms with Gasteiger partial charge in [-0.3, -0.25) is 15.0 Å². The molecule has 1 aromatic carbocycles. The highest BCUT2D eigenvalue weighted by atomic mass is 32.1. The third-order valence-electron chi connectivity index (χ3n) is 5.42. The Kier molecular flexibility index (Phi) is 4.95. The number of thiazole rings is 1. The van der Waals surface area contributed by atoms with E-state index in [2.05, 4.69) is 36.0 Å². The van der Waals surface area contributed by atoms with Crippen molar-refractivity contribution < 1.29 is 9.53 Å². The first-order valence-corrected chi connectivity index (χ1v) is 10.6. The van der Waals surface area contributed by atoms with Gasteiger partial charge >= 0.3 is 0 Å². The topological polar surface area (TPSA) is 54.5 Å². The number of hydrogen-bond acceptors (Lipinski definition) is 5. The number of hydrogen-bond donors (Lipinski definition) is 1. The van der Waals surface area contributed by atoms with E-state index >= 15 is 0 Å². The minimum atomic E-state index is -0.142. The van der Waals surface area contributed by atoms with Crippen molar-refractivity contribution in [2.45, 2.75) is 58.0 Å². The Morgan fingerprint density at radius 2 is 2.15 bits per heavy atom. The number of carbonyl (C=O) groups is 1. The van der Waals surface area contributed by atoms with Gasteiger partial charge in [-0.2, -0.15) is 0 Å². The summed E-state index contributed by atoms with van der Waals surface area (Å²) in [5.74, 6) is 0.690. The zero-order valence-electron chi connectivity index (χ0n) is 16.2. The van der Waals surface area contributed by atoms with Gasteiger partial charge in [-0.05, 0) is 25.0 Å². The summed E-state index contributed by atoms with van der Waals surface area (Å²) in [5, 5.41) is 5.56. The highest BCUT2D eigenvalue weighted by Crippen LogP contribution is 2.31. The molecular formula is C21H27N3O2S. The van der Waals surface area contributed by atoms with Crippen LogP contribution < -0.4 is 10.1 Å². The molecule has 5 nitrogen and oxygen atoms in total. The molecule has 2 aromatic rings. The second-order valence-electron chi connectivity index (χ2n) is 8.47. The van der Waals surface area contributed by atoms with Crippen LogP contribution in [0.3, 0.4) is 0 Å². The molecule has 1 aromatic heterocycles. The first-order chi connectivity index (χ1) is 12.9. The molecule has 1 aliphatic carbocycles. The summed E-state index contributed by atoms with van der Waals surface area (Å²) < 4.78 is 5.95. The highest BCUT2D eigenvalue weighted by Gasteiger charge is 2.27. The minimum Gasteiger partial charge on any atom is -0.492 e. The number of carbonyl (C=O) groups excluding carboxylic acids is 1. The van der Waals surface area contributed by atoms with Gasteiger partial charge < -0.3 is 4.74 Å². The van der Waals surface area contributed by atoms with Gasteiger partial charge in [0.25, 0.3) is 5.91 Å². The number of anilines is 1. The van der Waals surface area contributed by atoms with Crippen molar-refractivity contribution in [3.8, 4) is 5.75 Å². The van der Waals surface area contributed by atoms with Crippen LogP contribution in [-0.4, -0.2) is 35.0 Å². The van der Waals surface area contributed by atoms with Crippen LogP contribution in [0, 0.1) is 0 Å². The molecule has 2 heterocycles. The number of fused-ring (bicyclic) bond motifs is 1. The molecule has 1 N–H and O–H groups in total. The fourth-order valence-electron chi connectivity index (χ4n) is 3.44. The van der Waals surface area contributed by atoms with Gasteiger partial charge in [-0.1, -0.05) is 33.3 Å². The average molecular weight is 386 g/mol. The van der Waals surface area contributed by atoms with Crippen LogP contribution in [-0.2, 0) is 12.0 Å². The first kappa shape index (κ1) is 18.4. The van der Waals surface area contributed by atoms with E-state index in [9.17, 15) is 4.79 Å². The van der Waals surface area contributed by atoms with Crippen LogP contribution in [0.5, 0.6) is 5.75 Å². The lowest BCUT2D eigenvalue weighted by molar-refractivity contribution is 0.102. The van der Waals surface area contributed by atoms with E-state index in [1.807, 2.05) is 23.6 Å². The molecule has 1 aliphatic heterocycles. The minimum absolute atomic E-state index is 0.0241. The van der Waals surface area contributed by atoms with Gasteiger partial charge in [-0.15, -0.1) is 11.3 Å². The zero-order chi connectivity index (χ0) is 19.0. The van der Waals surface area contributed by atoms with Crippen molar-refractivity contribution in [1.29, 1.82) is 0 Å². The van der Waals surface area contributed by atoms with E-state index in [1.165, 1.54) is 36.2 Å². The van der Waals surface area contributed by atoms with Crippen molar-refractivity contribution in [2.24, 2.45) is 0 Å². The van der Waals surface area contributed by atoms with E-state index in [4.69, 9.17) is 4.74 Å². The van der Waals surface area contributed by atoms with E-state index < -0.39 is 0 Å². The van der Waals surface area contributed by atoms with Crippen molar-refractivity contribution in [2.75, 3.05) is 18.5 Å². The van der Waals surface area contributed by atoms with E-state index in [0.29, 0.717) is 23.3 Å². The first-order valence-electron chi connectivity index (χ1n) is 9.67. The third-order valence-corrected chi connectivity index (χ3v) is 6.18. The largest absolute Gasteiger partial charge is 0.492 e. The SMILES string of the molecule is CC(C)(C)c1csc(NC(=O)c2ccc3c(c2)OCCN(C2CCC2)C3)n1. The van der Waals surface area contributed by atoms with Gasteiger partial charge in [0.2, 0.25) is 0 Å². The number of aromatic nitrogens is 1. The monoisotopic (exact) mass is 385 g/mol. The predicted molar refractivity (Wildman–Crippen MR) is 109 cm³/mol. The molecule has 0 saturated heterocycles. The molecule has 4 rings (SSSR count). The Morgan fingerprint density at radius 1 is 1.33 bits per heavy atom. The summed E-state index contributed by atoms with van der Waals surface area (Å²) in [4.78, 5) is 19.7. The van der Waals surface area contributed by atoms with Gasteiger partial charge in [0.15, 0.2) is 5.13 Å². The lowest BCUT2D eigenvalue weighted by Crippen LogP contribution is -2.40. The number of nitrogens with zero attached hydrogens (tertiary/aromatic N) is 2. The molecule has 0 unspecified atom stereocenters. The molecule has 0 atom stereocenters. The maximum Gasteiger partial charge on any atom is 0.257 e. The van der Waals surface area contributed by atoms with Gasteiger partial charge in [0.1, 0.15) is 12.4 Å². The number of rotatable bonds is 3. The fraction of sp³-hybridized carbons (Fsp3) is 0.524. The second-order valence-corrected chi connectivity index (χ2v) is 9.33. The Labute approximate surface area is 164 Å². The van der Waals surface area contributed by atoms with Crippen molar-refractivity contribution in [1.82, 2.24) is 9.88 Å². The standard InChI is InChI=1S/C21H27N3O2S/c1-21(2,3)18-13-27-20(22-18)23-19(25)14-7-8-15-12-24(16-5-4-6-16)9-10-26-17(15)11-14/h7-8,11,13,16H,4-6,9-10,12H2,1-3H3,(H,22,23,25). The second kappa shape index (κ2) is 7.24. The predicted octanol–water partition coefficient (Wildman–Crippen LogP) is 4.44. The molecule has 1 fully saturated rings. The number of amides is 1. The van der Waals surface area contributed by atoms with Crippen LogP contribution >= 0.6 is 11.3 Å². The van der Waals surface area contributed by atoms with Crippen molar-refractivity contribution in [3.05, 3.63) is 40.4 Å². The van der Waals surface area contributed by atoms with Crippen LogP contribution in [0.1, 0.15) is 61.6 Å². The summed E-state index contributed by atoms with van der Waals surface area (Å²) in [7, 11) is 0. The van der Waals surface area contributed by atoms with Crippen molar-refractivity contribution >= 4 is 22.4 Å². The molecule has 0 radical (unpaired) electrons. The molecular weight excluding hydrogens is 358 g/mol. The van der Waals surface area contributed by atoms with Crippen LogP contribution in [0.2, 0.25) is 0 Å². The van der Waals surface area contributed by atoms with E-state index in [0.717, 1.165) is 24.5 Å². The van der Waals surface area contributed by atoms with Crippen LogP contribution in [0.4, 0.5) is 5.13 Å². The lowest BCUT2D eigenvalue weighted by atomic mass is 9.91. The van der Waals surface area contributed by atoms with Crippen molar-refractivity contribution in [3.63, 3.8) is 0 Å². The molecule has 0 spiro atoms. The summed E-state index contributed by atoms with van der Waals surface area (Å²) in [6.07, 6.45) is 3.92. The third kappa shape index (κ3) is 4.01.